The number of benzene rings is 1. The van der Waals surface area contributed by atoms with Gasteiger partial charge in [-0.2, -0.15) is 5.06 Å². The van der Waals surface area contributed by atoms with Crippen molar-refractivity contribution in [2.45, 2.75) is 64.0 Å². The number of amides is 1. The third kappa shape index (κ3) is 4.13. The number of anilines is 1. The van der Waals surface area contributed by atoms with Crippen molar-refractivity contribution in [2.24, 2.45) is 0 Å². The van der Waals surface area contributed by atoms with E-state index in [9.17, 15) is 4.79 Å². The highest BCUT2D eigenvalue weighted by Crippen LogP contribution is 2.50. The number of fused-ring (bicyclic) bond motifs is 3. The van der Waals surface area contributed by atoms with Crippen LogP contribution < -0.4 is 9.64 Å². The van der Waals surface area contributed by atoms with Gasteiger partial charge in [-0.05, 0) is 36.6 Å². The molecule has 6 nitrogen and oxygen atoms in total. The van der Waals surface area contributed by atoms with E-state index in [1.165, 1.54) is 24.8 Å². The van der Waals surface area contributed by atoms with E-state index < -0.39 is 0 Å². The Bertz CT molecular complexity index is 696. The Morgan fingerprint density at radius 2 is 2.04 bits per heavy atom. The standard InChI is InChI=1S/C22H35N3O3/c1-6-7-8-9-10-14-23(3)21(26)27-17-11-12-19-18(16-17)22(2)13-15-24(4)28-20(22)25(19)5/h11-12,16,20H,6-10,13-15H2,1-5H3. The van der Waals surface area contributed by atoms with Crippen molar-refractivity contribution >= 4 is 11.8 Å². The predicted octanol–water partition coefficient (Wildman–Crippen LogP) is 4.39. The first kappa shape index (κ1) is 20.9. The van der Waals surface area contributed by atoms with E-state index in [2.05, 4.69) is 25.8 Å². The van der Waals surface area contributed by atoms with Crippen LogP contribution in [0.4, 0.5) is 10.5 Å². The molecule has 2 aliphatic heterocycles. The van der Waals surface area contributed by atoms with E-state index in [1.54, 1.807) is 4.90 Å². The number of carbonyl (C=O) groups excluding carboxylic acids is 1. The average Bonchev–Trinajstić information content (AvgIpc) is 2.89. The van der Waals surface area contributed by atoms with Crippen molar-refractivity contribution in [2.75, 3.05) is 39.1 Å². The molecule has 0 radical (unpaired) electrons. The Balaban J connectivity index is 1.64. The minimum atomic E-state index is -0.289. The zero-order valence-electron chi connectivity index (χ0n) is 18.0. The van der Waals surface area contributed by atoms with Crippen LogP contribution in [0.2, 0.25) is 0 Å². The maximum Gasteiger partial charge on any atom is 0.414 e. The van der Waals surface area contributed by atoms with Gasteiger partial charge in [0.1, 0.15) is 5.75 Å². The Labute approximate surface area is 169 Å². The highest BCUT2D eigenvalue weighted by molar-refractivity contribution is 5.72. The summed E-state index contributed by atoms with van der Waals surface area (Å²) in [5, 5.41) is 1.91. The molecular formula is C22H35N3O3. The summed E-state index contributed by atoms with van der Waals surface area (Å²) in [6, 6.07) is 5.94. The highest BCUT2D eigenvalue weighted by atomic mass is 16.7. The molecule has 1 aromatic carbocycles. The number of likely N-dealkylation sites (N-methyl/N-ethyl adjacent to an activating group) is 1. The van der Waals surface area contributed by atoms with Crippen LogP contribution in [-0.4, -0.2) is 56.5 Å². The molecule has 6 heteroatoms. The number of carbonyl (C=O) groups is 1. The van der Waals surface area contributed by atoms with Crippen LogP contribution in [0, 0.1) is 0 Å². The number of unbranched alkanes of at least 4 members (excludes halogenated alkanes) is 4. The monoisotopic (exact) mass is 389 g/mol. The van der Waals surface area contributed by atoms with Gasteiger partial charge in [-0.15, -0.1) is 0 Å². The van der Waals surface area contributed by atoms with Gasteiger partial charge in [0.15, 0.2) is 6.23 Å². The van der Waals surface area contributed by atoms with Crippen molar-refractivity contribution < 1.29 is 14.4 Å². The Morgan fingerprint density at radius 3 is 2.79 bits per heavy atom. The van der Waals surface area contributed by atoms with Crippen molar-refractivity contribution in [1.29, 1.82) is 0 Å². The average molecular weight is 390 g/mol. The first-order valence-electron chi connectivity index (χ1n) is 10.5. The molecule has 2 heterocycles. The fourth-order valence-corrected chi connectivity index (χ4v) is 4.31. The fourth-order valence-electron chi connectivity index (χ4n) is 4.31. The Hall–Kier alpha value is -1.79. The van der Waals surface area contributed by atoms with Gasteiger partial charge in [-0.1, -0.05) is 39.5 Å². The lowest BCUT2D eigenvalue weighted by molar-refractivity contribution is -0.226. The van der Waals surface area contributed by atoms with Crippen LogP contribution in [0.15, 0.2) is 18.2 Å². The van der Waals surface area contributed by atoms with Gasteiger partial charge in [0.2, 0.25) is 0 Å². The second kappa shape index (κ2) is 8.70. The topological polar surface area (TPSA) is 45.3 Å². The lowest BCUT2D eigenvalue weighted by Gasteiger charge is -2.42. The number of ether oxygens (including phenoxy) is 1. The molecule has 1 amide bonds. The number of nitrogens with zero attached hydrogens (tertiary/aromatic N) is 3. The summed E-state index contributed by atoms with van der Waals surface area (Å²) in [5.74, 6) is 0.607. The molecule has 2 aliphatic rings. The van der Waals surface area contributed by atoms with Gasteiger partial charge < -0.3 is 14.5 Å². The number of hydrogen-bond acceptors (Lipinski definition) is 5. The van der Waals surface area contributed by atoms with E-state index in [0.717, 1.165) is 38.0 Å². The van der Waals surface area contributed by atoms with Crippen molar-refractivity contribution in [1.82, 2.24) is 9.96 Å². The van der Waals surface area contributed by atoms with Crippen LogP contribution in [0.3, 0.4) is 0 Å². The second-order valence-electron chi connectivity index (χ2n) is 8.47. The molecule has 0 aliphatic carbocycles. The fraction of sp³-hybridized carbons (Fsp3) is 0.682. The smallest absolute Gasteiger partial charge is 0.410 e. The number of hydrogen-bond donors (Lipinski definition) is 0. The van der Waals surface area contributed by atoms with Crippen LogP contribution in [0.25, 0.3) is 0 Å². The Kier molecular flexibility index (Phi) is 6.50. The summed E-state index contributed by atoms with van der Waals surface area (Å²) in [6.07, 6.45) is 6.58. The Morgan fingerprint density at radius 1 is 1.29 bits per heavy atom. The minimum absolute atomic E-state index is 0.0296. The zero-order chi connectivity index (χ0) is 20.3. The minimum Gasteiger partial charge on any atom is -0.410 e. The van der Waals surface area contributed by atoms with E-state index >= 15 is 0 Å². The van der Waals surface area contributed by atoms with E-state index in [1.807, 2.05) is 37.4 Å². The van der Waals surface area contributed by atoms with Crippen LogP contribution in [-0.2, 0) is 10.3 Å². The van der Waals surface area contributed by atoms with Crippen molar-refractivity contribution in [3.05, 3.63) is 23.8 Å². The number of rotatable bonds is 7. The second-order valence-corrected chi connectivity index (χ2v) is 8.47. The van der Waals surface area contributed by atoms with Gasteiger partial charge >= 0.3 is 6.09 Å². The molecule has 1 saturated heterocycles. The highest BCUT2D eigenvalue weighted by Gasteiger charge is 2.50. The normalized spacial score (nSPS) is 24.0. The third-order valence-electron chi connectivity index (χ3n) is 6.20. The predicted molar refractivity (Wildman–Crippen MR) is 112 cm³/mol. The van der Waals surface area contributed by atoms with Gasteiger partial charge in [-0.3, -0.25) is 4.84 Å². The molecule has 0 N–H and O–H groups in total. The zero-order valence-corrected chi connectivity index (χ0v) is 18.0. The summed E-state index contributed by atoms with van der Waals surface area (Å²) in [4.78, 5) is 22.4. The number of hydroxylamine groups is 2. The first-order chi connectivity index (χ1) is 13.4. The first-order valence-corrected chi connectivity index (χ1v) is 10.5. The summed E-state index contributed by atoms with van der Waals surface area (Å²) < 4.78 is 5.68. The summed E-state index contributed by atoms with van der Waals surface area (Å²) in [7, 11) is 5.85. The van der Waals surface area contributed by atoms with Gasteiger partial charge in [-0.25, -0.2) is 4.79 Å². The molecule has 28 heavy (non-hydrogen) atoms. The van der Waals surface area contributed by atoms with Gasteiger partial charge in [0.05, 0.1) is 0 Å². The SMILES string of the molecule is CCCCCCCN(C)C(=O)Oc1ccc2c(c1)C1(C)CCN(C)OC1N2C. The molecule has 0 bridgehead atoms. The molecule has 0 spiro atoms. The maximum atomic E-state index is 12.5. The molecular weight excluding hydrogens is 354 g/mol. The maximum absolute atomic E-state index is 12.5. The molecule has 3 rings (SSSR count). The van der Waals surface area contributed by atoms with Crippen molar-refractivity contribution in [3.8, 4) is 5.75 Å². The molecule has 0 saturated carbocycles. The molecule has 0 aromatic heterocycles. The quantitative estimate of drug-likeness (QED) is 0.647. The molecule has 2 unspecified atom stereocenters. The lowest BCUT2D eigenvalue weighted by Crippen LogP contribution is -2.52. The van der Waals surface area contributed by atoms with Gasteiger partial charge in [0.25, 0.3) is 0 Å². The largest absolute Gasteiger partial charge is 0.414 e. The van der Waals surface area contributed by atoms with E-state index in [-0.39, 0.29) is 17.7 Å². The summed E-state index contributed by atoms with van der Waals surface area (Å²) >= 11 is 0. The summed E-state index contributed by atoms with van der Waals surface area (Å²) in [6.45, 7) is 6.06. The molecule has 2 atom stereocenters. The van der Waals surface area contributed by atoms with Crippen molar-refractivity contribution in [3.63, 3.8) is 0 Å². The van der Waals surface area contributed by atoms with Crippen LogP contribution in [0.1, 0.15) is 57.9 Å². The van der Waals surface area contributed by atoms with E-state index in [4.69, 9.17) is 9.57 Å². The van der Waals surface area contributed by atoms with Gasteiger partial charge in [0, 0.05) is 45.3 Å². The van der Waals surface area contributed by atoms with Crippen LogP contribution in [0.5, 0.6) is 5.75 Å². The van der Waals surface area contributed by atoms with E-state index in [0.29, 0.717) is 5.75 Å². The van der Waals surface area contributed by atoms with Crippen LogP contribution >= 0.6 is 0 Å². The molecule has 1 aromatic rings. The lowest BCUT2D eigenvalue weighted by atomic mass is 9.79. The third-order valence-corrected chi connectivity index (χ3v) is 6.20. The molecule has 156 valence electrons. The molecule has 1 fully saturated rings. The summed E-state index contributed by atoms with van der Waals surface area (Å²) in [5.41, 5.74) is 2.23.